The number of halogens is 2. The molecule has 0 radical (unpaired) electrons. The van der Waals surface area contributed by atoms with Crippen molar-refractivity contribution >= 4 is 28.8 Å². The van der Waals surface area contributed by atoms with Crippen molar-refractivity contribution in [1.82, 2.24) is 20.2 Å². The van der Waals surface area contributed by atoms with Gasteiger partial charge in [0.1, 0.15) is 29.7 Å². The van der Waals surface area contributed by atoms with Gasteiger partial charge in [0, 0.05) is 17.9 Å². The molecular weight excluding hydrogens is 586 g/mol. The highest BCUT2D eigenvalue weighted by atomic mass is 19.3. The summed E-state index contributed by atoms with van der Waals surface area (Å²) in [6.07, 6.45) is 0.881. The summed E-state index contributed by atoms with van der Waals surface area (Å²) >= 11 is 0. The Morgan fingerprint density at radius 2 is 1.89 bits per heavy atom. The Labute approximate surface area is 261 Å². The molecule has 2 saturated carbocycles. The van der Waals surface area contributed by atoms with Crippen molar-refractivity contribution in [3.63, 3.8) is 0 Å². The molecule has 2 bridgehead atoms. The van der Waals surface area contributed by atoms with Crippen molar-refractivity contribution in [3.8, 4) is 11.6 Å². The molecule has 1 N–H and O–H groups in total. The van der Waals surface area contributed by atoms with Crippen LogP contribution < -0.4 is 14.8 Å². The highest BCUT2D eigenvalue weighted by molar-refractivity contribution is 5.92. The zero-order chi connectivity index (χ0) is 32.4. The minimum absolute atomic E-state index is 0.0113. The molecule has 6 rings (SSSR count). The number of ether oxygens (including phenoxy) is 3. The van der Waals surface area contributed by atoms with E-state index >= 15 is 8.78 Å². The second-order valence-electron chi connectivity index (χ2n) is 14.1. The van der Waals surface area contributed by atoms with Gasteiger partial charge in [0.15, 0.2) is 5.78 Å². The fraction of sp³-hybridized carbons (Fsp3) is 0.667. The number of Topliss-reactive ketones (excluding diaryl/α,β-unsaturated/α-hetero) is 1. The number of carbonyl (C=O) groups is 3. The quantitative estimate of drug-likeness (QED) is 0.488. The van der Waals surface area contributed by atoms with Crippen molar-refractivity contribution in [1.29, 1.82) is 0 Å². The van der Waals surface area contributed by atoms with Gasteiger partial charge in [-0.1, -0.05) is 34.1 Å². The molecule has 2 aliphatic heterocycles. The SMILES string of the molecule is CC[C@@H]1[C@@H]2CN(C(=O)C(C(C)(C)C)NC(=O)O[C@@H]3C[C@H]3CCCC3C(c4nc5ccc(OC)cc5nc4O2)C3(F)F)[C@@H]1C(C)=O. The van der Waals surface area contributed by atoms with E-state index in [2.05, 4.69) is 10.3 Å². The molecule has 1 aromatic carbocycles. The van der Waals surface area contributed by atoms with Crippen molar-refractivity contribution in [3.05, 3.63) is 23.9 Å². The predicted molar refractivity (Wildman–Crippen MR) is 160 cm³/mol. The van der Waals surface area contributed by atoms with E-state index in [9.17, 15) is 14.4 Å². The van der Waals surface area contributed by atoms with Gasteiger partial charge in [-0.05, 0) is 56.1 Å². The Balaban J connectivity index is 1.43. The lowest BCUT2D eigenvalue weighted by Crippen LogP contribution is -2.57. The highest BCUT2D eigenvalue weighted by Gasteiger charge is 2.70. The Bertz CT molecular complexity index is 1510. The molecular formula is C33H42F2N4O6. The van der Waals surface area contributed by atoms with Gasteiger partial charge in [0.25, 0.3) is 5.92 Å². The van der Waals surface area contributed by atoms with Crippen LogP contribution in [0.15, 0.2) is 18.2 Å². The highest BCUT2D eigenvalue weighted by Crippen LogP contribution is 2.64. The maximum atomic E-state index is 15.5. The second kappa shape index (κ2) is 11.3. The molecule has 3 unspecified atom stereocenters. The van der Waals surface area contributed by atoms with E-state index in [4.69, 9.17) is 19.2 Å². The molecule has 0 spiro atoms. The molecule has 12 heteroatoms. The summed E-state index contributed by atoms with van der Waals surface area (Å²) in [7, 11) is 1.52. The van der Waals surface area contributed by atoms with Crippen LogP contribution in [0.4, 0.5) is 13.6 Å². The Kier molecular flexibility index (Phi) is 7.92. The number of alkyl halides is 2. The van der Waals surface area contributed by atoms with Crippen LogP contribution in [0.25, 0.3) is 11.0 Å². The number of nitrogens with zero attached hydrogens (tertiary/aromatic N) is 3. The average Bonchev–Trinajstić information content (AvgIpc) is 3.78. The number of fused-ring (bicyclic) bond motifs is 7. The lowest BCUT2D eigenvalue weighted by molar-refractivity contribution is -0.141. The van der Waals surface area contributed by atoms with Crippen molar-refractivity contribution in [2.75, 3.05) is 13.7 Å². The van der Waals surface area contributed by atoms with Crippen LogP contribution >= 0.6 is 0 Å². The van der Waals surface area contributed by atoms with Gasteiger partial charge in [-0.15, -0.1) is 0 Å². The third kappa shape index (κ3) is 5.80. The lowest BCUT2D eigenvalue weighted by atomic mass is 9.85. The van der Waals surface area contributed by atoms with Gasteiger partial charge < -0.3 is 24.4 Å². The maximum absolute atomic E-state index is 15.5. The Morgan fingerprint density at radius 3 is 2.56 bits per heavy atom. The molecule has 8 atom stereocenters. The Morgan fingerprint density at radius 1 is 1.13 bits per heavy atom. The minimum Gasteiger partial charge on any atom is -0.497 e. The number of benzene rings is 1. The summed E-state index contributed by atoms with van der Waals surface area (Å²) in [6.45, 7) is 8.84. The minimum atomic E-state index is -2.99. The van der Waals surface area contributed by atoms with Crippen LogP contribution in [-0.4, -0.2) is 76.5 Å². The summed E-state index contributed by atoms with van der Waals surface area (Å²) < 4.78 is 48.4. The fourth-order valence-corrected chi connectivity index (χ4v) is 7.32. The van der Waals surface area contributed by atoms with Crippen molar-refractivity contribution in [2.45, 2.75) is 103 Å². The third-order valence-electron chi connectivity index (χ3n) is 9.97. The fourth-order valence-electron chi connectivity index (χ4n) is 7.32. The van der Waals surface area contributed by atoms with E-state index in [0.717, 1.165) is 0 Å². The van der Waals surface area contributed by atoms with Gasteiger partial charge in [-0.25, -0.2) is 23.5 Å². The molecule has 10 nitrogen and oxygen atoms in total. The average molecular weight is 629 g/mol. The number of methoxy groups -OCH3 is 1. The van der Waals surface area contributed by atoms with E-state index in [-0.39, 0.29) is 42.3 Å². The second-order valence-corrected chi connectivity index (χ2v) is 14.1. The topological polar surface area (TPSA) is 120 Å². The van der Waals surface area contributed by atoms with Gasteiger partial charge in [-0.3, -0.25) is 9.59 Å². The predicted octanol–water partition coefficient (Wildman–Crippen LogP) is 5.27. The van der Waals surface area contributed by atoms with E-state index in [1.165, 1.54) is 18.9 Å². The van der Waals surface area contributed by atoms with Crippen LogP contribution in [0, 0.1) is 23.2 Å². The largest absolute Gasteiger partial charge is 0.497 e. The number of aromatic nitrogens is 2. The van der Waals surface area contributed by atoms with Crippen molar-refractivity contribution < 1.29 is 37.4 Å². The van der Waals surface area contributed by atoms with E-state index in [0.29, 0.717) is 42.5 Å². The summed E-state index contributed by atoms with van der Waals surface area (Å²) in [5, 5.41) is 2.78. The third-order valence-corrected chi connectivity index (χ3v) is 9.97. The monoisotopic (exact) mass is 628 g/mol. The zero-order valence-electron chi connectivity index (χ0n) is 26.6. The maximum Gasteiger partial charge on any atom is 0.408 e. The first-order valence-electron chi connectivity index (χ1n) is 15.9. The van der Waals surface area contributed by atoms with Crippen LogP contribution in [0.3, 0.4) is 0 Å². The van der Waals surface area contributed by atoms with Crippen LogP contribution in [0.5, 0.6) is 11.6 Å². The van der Waals surface area contributed by atoms with E-state index in [1.807, 2.05) is 27.7 Å². The lowest BCUT2D eigenvalue weighted by Gasteiger charge is -2.35. The van der Waals surface area contributed by atoms with E-state index in [1.54, 1.807) is 18.2 Å². The van der Waals surface area contributed by atoms with Gasteiger partial charge in [-0.2, -0.15) is 0 Å². The first-order chi connectivity index (χ1) is 21.2. The molecule has 2 aromatic rings. The smallest absolute Gasteiger partial charge is 0.408 e. The van der Waals surface area contributed by atoms with Gasteiger partial charge in [0.05, 0.1) is 36.6 Å². The number of ketones is 1. The number of amides is 2. The summed E-state index contributed by atoms with van der Waals surface area (Å²) in [4.78, 5) is 51.1. The molecule has 1 aromatic heterocycles. The van der Waals surface area contributed by atoms with Gasteiger partial charge in [0.2, 0.25) is 11.8 Å². The standard InChI is InChI=1S/C33H42F2N4O6/c1-7-19-24-15-39(27(19)16(2)40)30(41)28(32(3,4)5)38-31(42)45-23-13-17(23)9-8-10-20-25(33(20,34)35)26-29(44-24)37-22-14-18(43-6)11-12-21(22)36-26/h11-12,14,17,19-20,23-25,27-28H,7-10,13,15H2,1-6H3,(H,38,42)/t17-,19-,20?,23-,24+,25?,27-,28?/m1/s1. The summed E-state index contributed by atoms with van der Waals surface area (Å²) in [5.74, 6) is -5.58. The van der Waals surface area contributed by atoms with Crippen LogP contribution in [0.2, 0.25) is 0 Å². The zero-order valence-corrected chi connectivity index (χ0v) is 26.6. The molecule has 4 aliphatic rings. The first-order valence-corrected chi connectivity index (χ1v) is 15.9. The number of nitrogens with one attached hydrogen (secondary N) is 1. The molecule has 244 valence electrons. The summed E-state index contributed by atoms with van der Waals surface area (Å²) in [5.41, 5.74) is 0.258. The molecule has 2 aliphatic carbocycles. The number of rotatable bonds is 3. The molecule has 45 heavy (non-hydrogen) atoms. The summed E-state index contributed by atoms with van der Waals surface area (Å²) in [6, 6.07) is 3.25. The van der Waals surface area contributed by atoms with Gasteiger partial charge >= 0.3 is 6.09 Å². The first kappa shape index (κ1) is 31.4. The molecule has 3 fully saturated rings. The van der Waals surface area contributed by atoms with Crippen LogP contribution in [0.1, 0.15) is 78.3 Å². The number of hydrogen-bond donors (Lipinski definition) is 1. The number of alkyl carbamates (subject to hydrolysis) is 1. The molecule has 3 heterocycles. The Hall–Kier alpha value is -3.57. The number of carbonyl (C=O) groups excluding carboxylic acids is 3. The molecule has 2 amide bonds. The molecule has 1 saturated heterocycles. The van der Waals surface area contributed by atoms with Crippen LogP contribution in [-0.2, 0) is 14.3 Å². The number of hydrogen-bond acceptors (Lipinski definition) is 8. The normalized spacial score (nSPS) is 32.9. The van der Waals surface area contributed by atoms with Crippen molar-refractivity contribution in [2.24, 2.45) is 23.2 Å². The van der Waals surface area contributed by atoms with E-state index < -0.39 is 59.3 Å².